The number of nitrogens with zero attached hydrogens (tertiary/aromatic N) is 2. The first-order chi connectivity index (χ1) is 7.24. The van der Waals surface area contributed by atoms with Crippen LogP contribution in [0.4, 0.5) is 10.1 Å². The van der Waals surface area contributed by atoms with Crippen LogP contribution in [0.25, 0.3) is 0 Å². The second kappa shape index (κ2) is 4.08. The molecule has 0 spiro atoms. The van der Waals surface area contributed by atoms with Gasteiger partial charge in [0.2, 0.25) is 5.95 Å². The largest absolute Gasteiger partial charge is 0.378 e. The van der Waals surface area contributed by atoms with Crippen molar-refractivity contribution < 1.29 is 4.39 Å². The average molecular weight is 206 g/mol. The molecule has 0 amide bonds. The highest BCUT2D eigenvalue weighted by Crippen LogP contribution is 2.07. The third kappa shape index (κ3) is 2.52. The van der Waals surface area contributed by atoms with Gasteiger partial charge in [0.15, 0.2) is 0 Å². The number of rotatable bonds is 3. The van der Waals surface area contributed by atoms with E-state index >= 15 is 0 Å². The van der Waals surface area contributed by atoms with Crippen LogP contribution in [0.15, 0.2) is 24.5 Å². The monoisotopic (exact) mass is 206 g/mol. The van der Waals surface area contributed by atoms with Gasteiger partial charge in [0.25, 0.3) is 0 Å². The Morgan fingerprint density at radius 3 is 2.80 bits per heavy atom. The van der Waals surface area contributed by atoms with Gasteiger partial charge in [0.05, 0.1) is 30.3 Å². The van der Waals surface area contributed by atoms with E-state index in [4.69, 9.17) is 0 Å². The van der Waals surface area contributed by atoms with Crippen LogP contribution >= 0.6 is 0 Å². The molecule has 2 heterocycles. The third-order valence-corrected chi connectivity index (χ3v) is 1.97. The van der Waals surface area contributed by atoms with Gasteiger partial charge in [0.1, 0.15) is 5.82 Å². The Bertz CT molecular complexity index is 435. The quantitative estimate of drug-likeness (QED) is 0.754. The van der Waals surface area contributed by atoms with Crippen molar-refractivity contribution in [3.05, 3.63) is 42.0 Å². The summed E-state index contributed by atoms with van der Waals surface area (Å²) in [7, 11) is 0. The van der Waals surface area contributed by atoms with Crippen LogP contribution in [0.1, 0.15) is 11.5 Å². The molecule has 2 aromatic rings. The van der Waals surface area contributed by atoms with Crippen LogP contribution in [0.5, 0.6) is 0 Å². The van der Waals surface area contributed by atoms with E-state index in [1.807, 2.05) is 6.92 Å². The zero-order valence-electron chi connectivity index (χ0n) is 8.29. The van der Waals surface area contributed by atoms with Crippen molar-refractivity contribution in [2.75, 3.05) is 5.32 Å². The predicted octanol–water partition coefficient (Wildman–Crippen LogP) is 1.86. The fraction of sp³-hybridized carbons (Fsp3) is 0.200. The molecule has 15 heavy (non-hydrogen) atoms. The molecule has 0 aromatic carbocycles. The zero-order valence-corrected chi connectivity index (χ0v) is 8.29. The summed E-state index contributed by atoms with van der Waals surface area (Å²) in [5.74, 6) is 0.405. The fourth-order valence-electron chi connectivity index (χ4n) is 1.24. The minimum absolute atomic E-state index is 0.474. The van der Waals surface area contributed by atoms with Gasteiger partial charge >= 0.3 is 0 Å². The Morgan fingerprint density at radius 2 is 2.20 bits per heavy atom. The number of anilines is 1. The maximum atomic E-state index is 12.5. The molecule has 0 aliphatic rings. The van der Waals surface area contributed by atoms with Crippen LogP contribution in [-0.2, 0) is 6.54 Å². The molecule has 0 atom stereocenters. The number of nitrogens with one attached hydrogen (secondary N) is 2. The molecule has 0 saturated heterocycles. The van der Waals surface area contributed by atoms with Gasteiger partial charge in [-0.3, -0.25) is 0 Å². The van der Waals surface area contributed by atoms with E-state index in [-0.39, 0.29) is 0 Å². The van der Waals surface area contributed by atoms with Crippen molar-refractivity contribution in [1.29, 1.82) is 0 Å². The molecule has 2 rings (SSSR count). The summed E-state index contributed by atoms with van der Waals surface area (Å²) in [6.07, 6.45) is 3.22. The third-order valence-electron chi connectivity index (χ3n) is 1.97. The number of aryl methyl sites for hydroxylation is 1. The highest BCUT2D eigenvalue weighted by atomic mass is 19.1. The van der Waals surface area contributed by atoms with E-state index in [0.717, 1.165) is 17.2 Å². The molecule has 2 N–H and O–H groups in total. The summed E-state index contributed by atoms with van der Waals surface area (Å²) < 4.78 is 12.5. The number of halogens is 1. The first-order valence-electron chi connectivity index (χ1n) is 4.60. The second-order valence-electron chi connectivity index (χ2n) is 3.22. The van der Waals surface area contributed by atoms with E-state index in [2.05, 4.69) is 20.3 Å². The number of aromatic amines is 1. The number of aromatic nitrogens is 3. The minimum Gasteiger partial charge on any atom is -0.378 e. The van der Waals surface area contributed by atoms with Crippen LogP contribution < -0.4 is 5.32 Å². The summed E-state index contributed by atoms with van der Waals surface area (Å²) in [6.45, 7) is 2.51. The Kier molecular flexibility index (Phi) is 2.62. The molecule has 0 unspecified atom stereocenters. The van der Waals surface area contributed by atoms with Crippen LogP contribution in [-0.4, -0.2) is 15.0 Å². The molecule has 0 fully saturated rings. The van der Waals surface area contributed by atoms with Crippen molar-refractivity contribution >= 4 is 5.69 Å². The molecular formula is C10H11FN4. The highest BCUT2D eigenvalue weighted by molar-refractivity contribution is 5.40. The van der Waals surface area contributed by atoms with Gasteiger partial charge in [-0.1, -0.05) is 0 Å². The van der Waals surface area contributed by atoms with E-state index in [9.17, 15) is 4.39 Å². The fourth-order valence-corrected chi connectivity index (χ4v) is 1.24. The van der Waals surface area contributed by atoms with E-state index in [1.165, 1.54) is 12.3 Å². The molecule has 0 bridgehead atoms. The number of pyridine rings is 1. The first kappa shape index (κ1) is 9.64. The van der Waals surface area contributed by atoms with Crippen LogP contribution in [0, 0.1) is 12.9 Å². The molecule has 78 valence electrons. The van der Waals surface area contributed by atoms with Crippen molar-refractivity contribution in [3.8, 4) is 0 Å². The van der Waals surface area contributed by atoms with Gasteiger partial charge in [-0.2, -0.15) is 4.39 Å². The van der Waals surface area contributed by atoms with E-state index < -0.39 is 5.95 Å². The molecule has 0 aliphatic carbocycles. The highest BCUT2D eigenvalue weighted by Gasteiger charge is 1.97. The summed E-state index contributed by atoms with van der Waals surface area (Å²) in [4.78, 5) is 10.7. The Balaban J connectivity index is 1.96. The Hall–Kier alpha value is -1.91. The van der Waals surface area contributed by atoms with Crippen molar-refractivity contribution in [2.24, 2.45) is 0 Å². The average Bonchev–Trinajstić information content (AvgIpc) is 2.64. The van der Waals surface area contributed by atoms with E-state index in [1.54, 1.807) is 12.3 Å². The Labute approximate surface area is 86.6 Å². The normalized spacial score (nSPS) is 10.3. The molecule has 4 nitrogen and oxygen atoms in total. The lowest BCUT2D eigenvalue weighted by Gasteiger charge is -2.03. The zero-order chi connectivity index (χ0) is 10.7. The predicted molar refractivity (Wildman–Crippen MR) is 54.8 cm³/mol. The van der Waals surface area contributed by atoms with Gasteiger partial charge in [0, 0.05) is 0 Å². The Morgan fingerprint density at radius 1 is 1.33 bits per heavy atom. The van der Waals surface area contributed by atoms with Crippen molar-refractivity contribution in [1.82, 2.24) is 15.0 Å². The molecule has 0 radical (unpaired) electrons. The number of H-pyrrole nitrogens is 1. The van der Waals surface area contributed by atoms with Crippen LogP contribution in [0.2, 0.25) is 0 Å². The first-order valence-corrected chi connectivity index (χ1v) is 4.60. The topological polar surface area (TPSA) is 53.6 Å². The lowest BCUT2D eigenvalue weighted by molar-refractivity contribution is 0.584. The smallest absolute Gasteiger partial charge is 0.212 e. The SMILES string of the molecule is Cc1ncc(CNc2ccc(F)nc2)[nH]1. The van der Waals surface area contributed by atoms with Gasteiger partial charge < -0.3 is 10.3 Å². The lowest BCUT2D eigenvalue weighted by Crippen LogP contribution is -2.00. The number of imidazole rings is 1. The van der Waals surface area contributed by atoms with Gasteiger partial charge in [-0.05, 0) is 19.1 Å². The van der Waals surface area contributed by atoms with Crippen LogP contribution in [0.3, 0.4) is 0 Å². The molecule has 0 saturated carbocycles. The molecular weight excluding hydrogens is 195 g/mol. The minimum atomic E-state index is -0.474. The molecule has 2 aromatic heterocycles. The number of hydrogen-bond donors (Lipinski definition) is 2. The maximum absolute atomic E-state index is 12.5. The summed E-state index contributed by atoms with van der Waals surface area (Å²) in [5, 5.41) is 3.10. The van der Waals surface area contributed by atoms with Crippen molar-refractivity contribution in [2.45, 2.75) is 13.5 Å². The van der Waals surface area contributed by atoms with Crippen molar-refractivity contribution in [3.63, 3.8) is 0 Å². The summed E-state index contributed by atoms with van der Waals surface area (Å²) >= 11 is 0. The lowest BCUT2D eigenvalue weighted by atomic mass is 10.4. The molecule has 5 heteroatoms. The number of hydrogen-bond acceptors (Lipinski definition) is 3. The molecule has 0 aliphatic heterocycles. The van der Waals surface area contributed by atoms with Gasteiger partial charge in [-0.25, -0.2) is 9.97 Å². The standard InChI is InChI=1S/C10H11FN4/c1-7-12-5-9(15-7)6-13-8-2-3-10(11)14-4-8/h2-5,13H,6H2,1H3,(H,12,15). The maximum Gasteiger partial charge on any atom is 0.212 e. The van der Waals surface area contributed by atoms with Gasteiger partial charge in [-0.15, -0.1) is 0 Å². The van der Waals surface area contributed by atoms with E-state index in [0.29, 0.717) is 6.54 Å². The summed E-state index contributed by atoms with van der Waals surface area (Å²) in [5.41, 5.74) is 1.76. The second-order valence-corrected chi connectivity index (χ2v) is 3.22. The summed E-state index contributed by atoms with van der Waals surface area (Å²) in [6, 6.07) is 2.96.